The van der Waals surface area contributed by atoms with E-state index in [-0.39, 0.29) is 5.92 Å². The Hall–Kier alpha value is -1.69. The maximum atomic E-state index is 11.3. The number of hydrogen-bond donors (Lipinski definition) is 2. The largest absolute Gasteiger partial charge is 0.480 e. The van der Waals surface area contributed by atoms with Gasteiger partial charge in [0.15, 0.2) is 0 Å². The van der Waals surface area contributed by atoms with Gasteiger partial charge in [-0.2, -0.15) is 0 Å². The third-order valence-corrected chi connectivity index (χ3v) is 3.41. The van der Waals surface area contributed by atoms with Gasteiger partial charge in [-0.05, 0) is 30.5 Å². The Balaban J connectivity index is 2.36. The highest BCUT2D eigenvalue weighted by atomic mass is 79.9. The molecule has 1 atom stereocenters. The summed E-state index contributed by atoms with van der Waals surface area (Å²) in [5.41, 5.74) is 0.777. The van der Waals surface area contributed by atoms with Crippen molar-refractivity contribution in [2.24, 2.45) is 5.92 Å². The molecular formula is C14H16BrN3O2. The molecule has 0 radical (unpaired) electrons. The fourth-order valence-electron chi connectivity index (χ4n) is 2.00. The van der Waals surface area contributed by atoms with Gasteiger partial charge in [0.05, 0.1) is 5.52 Å². The molecule has 1 heterocycles. The SMILES string of the molecule is CC(C)C[C@H](Nc1ncnc2ccc(Br)cc12)C(=O)O. The van der Waals surface area contributed by atoms with Crippen LogP contribution in [-0.2, 0) is 4.79 Å². The molecule has 1 aromatic heterocycles. The van der Waals surface area contributed by atoms with Gasteiger partial charge in [-0.25, -0.2) is 14.8 Å². The average molecular weight is 338 g/mol. The third kappa shape index (κ3) is 3.45. The van der Waals surface area contributed by atoms with E-state index < -0.39 is 12.0 Å². The number of carboxylic acid groups (broad SMARTS) is 1. The molecule has 0 spiro atoms. The van der Waals surface area contributed by atoms with E-state index in [0.29, 0.717) is 12.2 Å². The summed E-state index contributed by atoms with van der Waals surface area (Å²) >= 11 is 3.40. The number of aromatic nitrogens is 2. The Bertz CT molecular complexity index is 631. The van der Waals surface area contributed by atoms with Gasteiger partial charge in [-0.3, -0.25) is 0 Å². The summed E-state index contributed by atoms with van der Waals surface area (Å²) in [7, 11) is 0. The normalized spacial score (nSPS) is 12.6. The van der Waals surface area contributed by atoms with Gasteiger partial charge in [0.1, 0.15) is 18.2 Å². The molecular weight excluding hydrogens is 322 g/mol. The molecule has 0 saturated carbocycles. The number of carbonyl (C=O) groups is 1. The van der Waals surface area contributed by atoms with Crippen LogP contribution in [0.4, 0.5) is 5.82 Å². The molecule has 0 amide bonds. The first-order valence-corrected chi connectivity index (χ1v) is 7.16. The Labute approximate surface area is 125 Å². The van der Waals surface area contributed by atoms with Crippen LogP contribution in [0.15, 0.2) is 29.0 Å². The molecule has 0 aliphatic rings. The minimum absolute atomic E-state index is 0.281. The summed E-state index contributed by atoms with van der Waals surface area (Å²) < 4.78 is 0.901. The molecule has 2 rings (SSSR count). The molecule has 1 aromatic carbocycles. The summed E-state index contributed by atoms with van der Waals surface area (Å²) in [4.78, 5) is 19.7. The van der Waals surface area contributed by atoms with Gasteiger partial charge in [-0.15, -0.1) is 0 Å². The summed E-state index contributed by atoms with van der Waals surface area (Å²) in [5.74, 6) is -0.0479. The first kappa shape index (κ1) is 14.7. The molecule has 106 valence electrons. The molecule has 2 N–H and O–H groups in total. The van der Waals surface area contributed by atoms with E-state index in [9.17, 15) is 9.90 Å². The van der Waals surface area contributed by atoms with Crippen molar-refractivity contribution in [3.8, 4) is 0 Å². The van der Waals surface area contributed by atoms with Crippen molar-refractivity contribution in [2.75, 3.05) is 5.32 Å². The highest BCUT2D eigenvalue weighted by Gasteiger charge is 2.20. The maximum Gasteiger partial charge on any atom is 0.326 e. The molecule has 0 bridgehead atoms. The van der Waals surface area contributed by atoms with Crippen molar-refractivity contribution in [3.63, 3.8) is 0 Å². The van der Waals surface area contributed by atoms with E-state index >= 15 is 0 Å². The lowest BCUT2D eigenvalue weighted by Crippen LogP contribution is -2.31. The number of nitrogens with one attached hydrogen (secondary N) is 1. The van der Waals surface area contributed by atoms with Crippen LogP contribution < -0.4 is 5.32 Å². The molecule has 20 heavy (non-hydrogen) atoms. The van der Waals surface area contributed by atoms with Crippen molar-refractivity contribution in [1.82, 2.24) is 9.97 Å². The van der Waals surface area contributed by atoms with Crippen LogP contribution in [0.2, 0.25) is 0 Å². The zero-order valence-electron chi connectivity index (χ0n) is 11.3. The predicted molar refractivity (Wildman–Crippen MR) is 81.7 cm³/mol. The quantitative estimate of drug-likeness (QED) is 0.875. The Kier molecular flexibility index (Phi) is 4.54. The summed E-state index contributed by atoms with van der Waals surface area (Å²) in [6, 6.07) is 4.98. The number of benzene rings is 1. The Morgan fingerprint density at radius 1 is 1.40 bits per heavy atom. The monoisotopic (exact) mass is 337 g/mol. The first-order chi connectivity index (χ1) is 9.47. The first-order valence-electron chi connectivity index (χ1n) is 6.37. The Morgan fingerprint density at radius 2 is 2.15 bits per heavy atom. The van der Waals surface area contributed by atoms with Crippen LogP contribution in [0.5, 0.6) is 0 Å². The number of rotatable bonds is 5. The van der Waals surface area contributed by atoms with Crippen LogP contribution >= 0.6 is 15.9 Å². The zero-order chi connectivity index (χ0) is 14.7. The summed E-state index contributed by atoms with van der Waals surface area (Å²) in [6.45, 7) is 3.98. The molecule has 6 heteroatoms. The smallest absolute Gasteiger partial charge is 0.326 e. The number of fused-ring (bicyclic) bond motifs is 1. The molecule has 5 nitrogen and oxygen atoms in total. The number of carboxylic acids is 1. The number of hydrogen-bond acceptors (Lipinski definition) is 4. The van der Waals surface area contributed by atoms with Gasteiger partial charge >= 0.3 is 5.97 Å². The standard InChI is InChI=1S/C14H16BrN3O2/c1-8(2)5-12(14(19)20)18-13-10-6-9(15)3-4-11(10)16-7-17-13/h3-4,6-8,12H,5H2,1-2H3,(H,19,20)(H,16,17,18)/t12-/m0/s1. The lowest BCUT2D eigenvalue weighted by molar-refractivity contribution is -0.138. The fourth-order valence-corrected chi connectivity index (χ4v) is 2.36. The van der Waals surface area contributed by atoms with E-state index in [1.165, 1.54) is 6.33 Å². The van der Waals surface area contributed by atoms with Crippen LogP contribution in [0.3, 0.4) is 0 Å². The summed E-state index contributed by atoms with van der Waals surface area (Å²) in [6.07, 6.45) is 1.97. The van der Waals surface area contributed by atoms with E-state index in [2.05, 4.69) is 31.2 Å². The molecule has 0 fully saturated rings. The molecule has 2 aromatic rings. The van der Waals surface area contributed by atoms with E-state index in [1.54, 1.807) is 0 Å². The van der Waals surface area contributed by atoms with Crippen LogP contribution in [0.1, 0.15) is 20.3 Å². The van der Waals surface area contributed by atoms with Crippen molar-refractivity contribution >= 4 is 38.6 Å². The van der Waals surface area contributed by atoms with Crippen molar-refractivity contribution in [2.45, 2.75) is 26.3 Å². The Morgan fingerprint density at radius 3 is 2.80 bits per heavy atom. The molecule has 0 unspecified atom stereocenters. The van der Waals surface area contributed by atoms with E-state index in [0.717, 1.165) is 15.4 Å². The fraction of sp³-hybridized carbons (Fsp3) is 0.357. The lowest BCUT2D eigenvalue weighted by Gasteiger charge is -2.17. The van der Waals surface area contributed by atoms with Crippen molar-refractivity contribution in [1.29, 1.82) is 0 Å². The minimum atomic E-state index is -0.875. The second kappa shape index (κ2) is 6.17. The highest BCUT2D eigenvalue weighted by molar-refractivity contribution is 9.10. The minimum Gasteiger partial charge on any atom is -0.480 e. The summed E-state index contributed by atoms with van der Waals surface area (Å²) in [5, 5.41) is 13.1. The zero-order valence-corrected chi connectivity index (χ0v) is 12.9. The maximum absolute atomic E-state index is 11.3. The van der Waals surface area contributed by atoms with E-state index in [1.807, 2.05) is 32.0 Å². The van der Waals surface area contributed by atoms with Crippen LogP contribution in [0, 0.1) is 5.92 Å². The van der Waals surface area contributed by atoms with Gasteiger partial charge in [0.2, 0.25) is 0 Å². The molecule has 0 aliphatic heterocycles. The van der Waals surface area contributed by atoms with Crippen LogP contribution in [0.25, 0.3) is 10.9 Å². The van der Waals surface area contributed by atoms with E-state index in [4.69, 9.17) is 0 Å². The lowest BCUT2D eigenvalue weighted by atomic mass is 10.0. The third-order valence-electron chi connectivity index (χ3n) is 2.91. The van der Waals surface area contributed by atoms with Crippen LogP contribution in [-0.4, -0.2) is 27.1 Å². The predicted octanol–water partition coefficient (Wildman–Crippen LogP) is 3.30. The molecule has 0 saturated heterocycles. The number of aliphatic carboxylic acids is 1. The highest BCUT2D eigenvalue weighted by Crippen LogP contribution is 2.24. The number of anilines is 1. The van der Waals surface area contributed by atoms with Gasteiger partial charge in [0.25, 0.3) is 0 Å². The average Bonchev–Trinajstić information content (AvgIpc) is 2.38. The van der Waals surface area contributed by atoms with Gasteiger partial charge < -0.3 is 10.4 Å². The number of halogens is 1. The topological polar surface area (TPSA) is 75.1 Å². The van der Waals surface area contributed by atoms with Crippen molar-refractivity contribution in [3.05, 3.63) is 29.0 Å². The second-order valence-corrected chi connectivity index (χ2v) is 5.96. The van der Waals surface area contributed by atoms with Crippen molar-refractivity contribution < 1.29 is 9.90 Å². The number of nitrogens with zero attached hydrogens (tertiary/aromatic N) is 2. The molecule has 0 aliphatic carbocycles. The second-order valence-electron chi connectivity index (χ2n) is 5.05. The van der Waals surface area contributed by atoms with Gasteiger partial charge in [-0.1, -0.05) is 29.8 Å². The van der Waals surface area contributed by atoms with Gasteiger partial charge in [0, 0.05) is 9.86 Å².